The Hall–Kier alpha value is 0.0169. The van der Waals surface area contributed by atoms with Crippen molar-refractivity contribution in [3.05, 3.63) is 0 Å². The van der Waals surface area contributed by atoms with Gasteiger partial charge in [-0.05, 0) is 23.5 Å². The molecule has 0 unspecified atom stereocenters. The van der Waals surface area contributed by atoms with Gasteiger partial charge in [-0.1, -0.05) is 48.5 Å². The van der Waals surface area contributed by atoms with Gasteiger partial charge in [0.15, 0.2) is 8.32 Å². The Morgan fingerprint density at radius 3 is 1.88 bits per heavy atom. The van der Waals surface area contributed by atoms with Crippen LogP contribution in [0.25, 0.3) is 0 Å². The van der Waals surface area contributed by atoms with Crippen molar-refractivity contribution in [2.75, 3.05) is 33.7 Å². The highest BCUT2D eigenvalue weighted by Gasteiger charge is 2.47. The molecule has 0 bridgehead atoms. The SMILES string of the molecule is COCCOCO[C@@H](CO[Si](C(C)C)(C(C)C)C(C)C)[C@H](C)[C@@H]1O[C@H]1C. The highest BCUT2D eigenvalue weighted by Crippen LogP contribution is 2.43. The maximum Gasteiger partial charge on any atom is 0.200 e. The van der Waals surface area contributed by atoms with Crippen molar-refractivity contribution in [1.29, 1.82) is 0 Å². The van der Waals surface area contributed by atoms with E-state index in [2.05, 4.69) is 55.4 Å². The Morgan fingerprint density at radius 2 is 1.46 bits per heavy atom. The van der Waals surface area contributed by atoms with E-state index in [1.807, 2.05) is 0 Å². The van der Waals surface area contributed by atoms with Gasteiger partial charge in [-0.2, -0.15) is 0 Å². The molecule has 0 aromatic heterocycles. The molecule has 1 saturated heterocycles. The minimum Gasteiger partial charge on any atom is -0.413 e. The number of rotatable bonds is 14. The zero-order valence-corrected chi connectivity index (χ0v) is 19.4. The summed E-state index contributed by atoms with van der Waals surface area (Å²) in [4.78, 5) is 0. The highest BCUT2D eigenvalue weighted by atomic mass is 28.4. The standard InChI is InChI=1S/C20H42O5Si/c1-14(2)26(15(3)4,16(5)6)24-12-19(17(7)20-18(8)25-20)23-13-22-11-10-21-9/h14-20H,10-13H2,1-9H3/t17-,18-,19-,20-/m0/s1. The number of hydrogen-bond acceptors (Lipinski definition) is 5. The van der Waals surface area contributed by atoms with Crippen LogP contribution in [0.5, 0.6) is 0 Å². The quantitative estimate of drug-likeness (QED) is 0.188. The Morgan fingerprint density at radius 1 is 0.923 bits per heavy atom. The van der Waals surface area contributed by atoms with Gasteiger partial charge in [0.1, 0.15) is 6.79 Å². The fourth-order valence-electron chi connectivity index (χ4n) is 4.38. The molecule has 0 saturated carbocycles. The van der Waals surface area contributed by atoms with E-state index in [-0.39, 0.29) is 24.9 Å². The largest absolute Gasteiger partial charge is 0.413 e. The summed E-state index contributed by atoms with van der Waals surface area (Å²) >= 11 is 0. The van der Waals surface area contributed by atoms with Crippen LogP contribution in [0.4, 0.5) is 0 Å². The molecule has 1 aliphatic heterocycles. The summed E-state index contributed by atoms with van der Waals surface area (Å²) in [5.74, 6) is 0.286. The first-order valence-electron chi connectivity index (χ1n) is 10.2. The first-order valence-corrected chi connectivity index (χ1v) is 12.3. The van der Waals surface area contributed by atoms with E-state index in [1.165, 1.54) is 0 Å². The van der Waals surface area contributed by atoms with Crippen molar-refractivity contribution in [1.82, 2.24) is 0 Å². The fourth-order valence-corrected chi connectivity index (χ4v) is 9.83. The van der Waals surface area contributed by atoms with Crippen molar-refractivity contribution >= 4 is 8.32 Å². The van der Waals surface area contributed by atoms with Crippen molar-refractivity contribution < 1.29 is 23.4 Å². The molecule has 1 rings (SSSR count). The third-order valence-electron chi connectivity index (χ3n) is 5.86. The summed E-state index contributed by atoms with van der Waals surface area (Å²) in [6, 6.07) is 0. The van der Waals surface area contributed by atoms with Gasteiger partial charge in [0.05, 0.1) is 38.1 Å². The molecular formula is C20H42O5Si. The van der Waals surface area contributed by atoms with Gasteiger partial charge in [0.2, 0.25) is 0 Å². The average molecular weight is 391 g/mol. The highest BCUT2D eigenvalue weighted by molar-refractivity contribution is 6.77. The summed E-state index contributed by atoms with van der Waals surface area (Å²) in [6.07, 6.45) is 0.555. The third-order valence-corrected chi connectivity index (χ3v) is 11.9. The summed E-state index contributed by atoms with van der Waals surface area (Å²) in [7, 11) is -0.240. The minimum atomic E-state index is -1.91. The Kier molecular flexibility index (Phi) is 10.3. The second kappa shape index (κ2) is 11.1. The molecule has 0 N–H and O–H groups in total. The smallest absolute Gasteiger partial charge is 0.200 e. The van der Waals surface area contributed by atoms with Gasteiger partial charge in [-0.25, -0.2) is 0 Å². The summed E-state index contributed by atoms with van der Waals surface area (Å²) in [6.45, 7) is 20.2. The van der Waals surface area contributed by atoms with Crippen LogP contribution in [0.3, 0.4) is 0 Å². The minimum absolute atomic E-state index is 0.0179. The molecule has 0 aromatic rings. The van der Waals surface area contributed by atoms with Crippen LogP contribution in [-0.4, -0.2) is 60.4 Å². The van der Waals surface area contributed by atoms with E-state index >= 15 is 0 Å². The number of hydrogen-bond donors (Lipinski definition) is 0. The van der Waals surface area contributed by atoms with Crippen LogP contribution in [0.15, 0.2) is 0 Å². The molecule has 0 amide bonds. The Balaban J connectivity index is 2.73. The molecule has 5 nitrogen and oxygen atoms in total. The van der Waals surface area contributed by atoms with Gasteiger partial charge in [-0.3, -0.25) is 0 Å². The topological polar surface area (TPSA) is 49.5 Å². The van der Waals surface area contributed by atoms with Gasteiger partial charge < -0.3 is 23.4 Å². The zero-order chi connectivity index (χ0) is 19.9. The molecule has 0 radical (unpaired) electrons. The van der Waals surface area contributed by atoms with Crippen LogP contribution >= 0.6 is 0 Å². The second-order valence-corrected chi connectivity index (χ2v) is 14.0. The lowest BCUT2D eigenvalue weighted by atomic mass is 10.00. The third kappa shape index (κ3) is 6.28. The van der Waals surface area contributed by atoms with Crippen molar-refractivity contribution in [3.8, 4) is 0 Å². The van der Waals surface area contributed by atoms with Crippen molar-refractivity contribution in [2.24, 2.45) is 5.92 Å². The van der Waals surface area contributed by atoms with Crippen molar-refractivity contribution in [3.63, 3.8) is 0 Å². The molecule has 1 heterocycles. The average Bonchev–Trinajstić information content (AvgIpc) is 3.28. The second-order valence-electron chi connectivity index (χ2n) is 8.52. The van der Waals surface area contributed by atoms with E-state index in [1.54, 1.807) is 7.11 Å². The van der Waals surface area contributed by atoms with E-state index in [4.69, 9.17) is 23.4 Å². The van der Waals surface area contributed by atoms with Gasteiger partial charge in [0.25, 0.3) is 0 Å². The van der Waals surface area contributed by atoms with E-state index in [0.717, 1.165) is 0 Å². The molecule has 6 heteroatoms. The van der Waals surface area contributed by atoms with E-state index in [9.17, 15) is 0 Å². The van der Waals surface area contributed by atoms with Crippen LogP contribution in [0.2, 0.25) is 16.6 Å². The Labute approximate surface area is 162 Å². The monoisotopic (exact) mass is 390 g/mol. The van der Waals surface area contributed by atoms with Gasteiger partial charge in [0, 0.05) is 13.0 Å². The number of methoxy groups -OCH3 is 1. The molecule has 0 spiro atoms. The first kappa shape index (κ1) is 24.1. The molecule has 1 aliphatic rings. The summed E-state index contributed by atoms with van der Waals surface area (Å²) in [5, 5.41) is 0. The summed E-state index contributed by atoms with van der Waals surface area (Å²) in [5.41, 5.74) is 1.69. The van der Waals surface area contributed by atoms with Gasteiger partial charge >= 0.3 is 0 Å². The maximum absolute atomic E-state index is 6.77. The predicted octanol–water partition coefficient (Wildman–Crippen LogP) is 4.61. The van der Waals surface area contributed by atoms with Crippen LogP contribution < -0.4 is 0 Å². The number of epoxide rings is 1. The Bertz CT molecular complexity index is 367. The fraction of sp³-hybridized carbons (Fsp3) is 1.00. The first-order chi connectivity index (χ1) is 12.2. The normalized spacial score (nSPS) is 23.1. The maximum atomic E-state index is 6.77. The van der Waals surface area contributed by atoms with Gasteiger partial charge in [-0.15, -0.1) is 0 Å². The van der Waals surface area contributed by atoms with E-state index < -0.39 is 8.32 Å². The predicted molar refractivity (Wildman–Crippen MR) is 108 cm³/mol. The molecule has 0 aromatic carbocycles. The van der Waals surface area contributed by atoms with Crippen LogP contribution in [0, 0.1) is 5.92 Å². The lowest BCUT2D eigenvalue weighted by Crippen LogP contribution is -2.50. The molecule has 1 fully saturated rings. The lowest BCUT2D eigenvalue weighted by molar-refractivity contribution is -0.124. The summed E-state index contributed by atoms with van der Waals surface area (Å²) < 4.78 is 29.1. The lowest BCUT2D eigenvalue weighted by Gasteiger charge is -2.43. The van der Waals surface area contributed by atoms with Crippen LogP contribution in [-0.2, 0) is 23.4 Å². The zero-order valence-electron chi connectivity index (χ0n) is 18.4. The molecule has 4 atom stereocenters. The molecule has 0 aliphatic carbocycles. The number of ether oxygens (including phenoxy) is 4. The van der Waals surface area contributed by atoms with E-state index in [0.29, 0.717) is 42.5 Å². The van der Waals surface area contributed by atoms with Crippen LogP contribution in [0.1, 0.15) is 55.4 Å². The van der Waals surface area contributed by atoms with Crippen molar-refractivity contribution in [2.45, 2.75) is 90.3 Å². The molecule has 26 heavy (non-hydrogen) atoms. The molecule has 156 valence electrons. The molecular weight excluding hydrogens is 348 g/mol.